The van der Waals surface area contributed by atoms with E-state index in [-0.39, 0.29) is 17.5 Å². The molecule has 2 atom stereocenters. The minimum atomic E-state index is -0.669. The summed E-state index contributed by atoms with van der Waals surface area (Å²) < 4.78 is 0. The van der Waals surface area contributed by atoms with Crippen LogP contribution in [0, 0.1) is 0 Å². The SMILES string of the molecule is O=C(N[C@@H]1CCN(Cc2cscn2)C[C@H]1O)c1ncccc1O. The van der Waals surface area contributed by atoms with Crippen LogP contribution in [0.15, 0.2) is 29.2 Å². The Labute approximate surface area is 137 Å². The molecule has 122 valence electrons. The summed E-state index contributed by atoms with van der Waals surface area (Å²) in [5.74, 6) is -0.638. The number of hydrogen-bond acceptors (Lipinski definition) is 7. The van der Waals surface area contributed by atoms with E-state index in [1.165, 1.54) is 12.3 Å². The van der Waals surface area contributed by atoms with E-state index in [1.54, 1.807) is 22.9 Å². The minimum absolute atomic E-state index is 0.0235. The van der Waals surface area contributed by atoms with E-state index in [0.717, 1.165) is 12.2 Å². The standard InChI is InChI=1S/C15H18N4O3S/c20-12-2-1-4-16-14(12)15(22)18-11-3-5-19(7-13(11)21)6-10-8-23-9-17-10/h1-2,4,8-9,11,13,20-21H,3,5-7H2,(H,18,22)/t11-,13-/m1/s1. The predicted molar refractivity (Wildman–Crippen MR) is 85.2 cm³/mol. The number of aromatic hydroxyl groups is 1. The van der Waals surface area contributed by atoms with Gasteiger partial charge in [-0.25, -0.2) is 9.97 Å². The van der Waals surface area contributed by atoms with Gasteiger partial charge >= 0.3 is 0 Å². The maximum absolute atomic E-state index is 12.2. The molecule has 0 saturated carbocycles. The number of carbonyl (C=O) groups is 1. The second-order valence-electron chi connectivity index (χ2n) is 5.52. The summed E-state index contributed by atoms with van der Waals surface area (Å²) in [6.07, 6.45) is 1.41. The molecule has 7 nitrogen and oxygen atoms in total. The van der Waals surface area contributed by atoms with Crippen molar-refractivity contribution in [1.82, 2.24) is 20.2 Å². The number of nitrogens with one attached hydrogen (secondary N) is 1. The third-order valence-electron chi connectivity index (χ3n) is 3.85. The zero-order valence-corrected chi connectivity index (χ0v) is 13.2. The number of aromatic nitrogens is 2. The smallest absolute Gasteiger partial charge is 0.274 e. The average molecular weight is 334 g/mol. The van der Waals surface area contributed by atoms with Crippen LogP contribution in [-0.2, 0) is 6.54 Å². The van der Waals surface area contributed by atoms with Crippen molar-refractivity contribution < 1.29 is 15.0 Å². The molecule has 3 N–H and O–H groups in total. The van der Waals surface area contributed by atoms with Crippen molar-refractivity contribution in [3.05, 3.63) is 40.6 Å². The lowest BCUT2D eigenvalue weighted by molar-refractivity contribution is 0.0344. The maximum Gasteiger partial charge on any atom is 0.274 e. The van der Waals surface area contributed by atoms with Crippen molar-refractivity contribution in [1.29, 1.82) is 0 Å². The van der Waals surface area contributed by atoms with Crippen molar-refractivity contribution in [3.8, 4) is 5.75 Å². The average Bonchev–Trinajstić information content (AvgIpc) is 3.03. The van der Waals surface area contributed by atoms with E-state index < -0.39 is 12.0 Å². The highest BCUT2D eigenvalue weighted by molar-refractivity contribution is 7.07. The molecule has 8 heteroatoms. The zero-order valence-electron chi connectivity index (χ0n) is 12.4. The molecule has 23 heavy (non-hydrogen) atoms. The van der Waals surface area contributed by atoms with Gasteiger partial charge in [-0.1, -0.05) is 0 Å². The fourth-order valence-corrected chi connectivity index (χ4v) is 3.21. The van der Waals surface area contributed by atoms with Gasteiger partial charge in [0.25, 0.3) is 5.91 Å². The maximum atomic E-state index is 12.2. The summed E-state index contributed by atoms with van der Waals surface area (Å²) in [4.78, 5) is 22.4. The van der Waals surface area contributed by atoms with Gasteiger partial charge in [-0.05, 0) is 18.6 Å². The van der Waals surface area contributed by atoms with Gasteiger partial charge in [-0.15, -0.1) is 11.3 Å². The summed E-state index contributed by atoms with van der Waals surface area (Å²) >= 11 is 1.55. The molecule has 1 aliphatic heterocycles. The molecule has 0 spiro atoms. The molecule has 2 aromatic heterocycles. The topological polar surface area (TPSA) is 98.6 Å². The molecule has 3 heterocycles. The lowest BCUT2D eigenvalue weighted by Gasteiger charge is -2.35. The first-order valence-electron chi connectivity index (χ1n) is 7.36. The lowest BCUT2D eigenvalue weighted by Crippen LogP contribution is -2.53. The number of pyridine rings is 1. The fourth-order valence-electron chi connectivity index (χ4n) is 2.66. The second-order valence-corrected chi connectivity index (χ2v) is 6.24. The third kappa shape index (κ3) is 3.84. The number of nitrogens with zero attached hydrogens (tertiary/aromatic N) is 3. The monoisotopic (exact) mass is 334 g/mol. The highest BCUT2D eigenvalue weighted by Gasteiger charge is 2.30. The van der Waals surface area contributed by atoms with E-state index in [4.69, 9.17) is 0 Å². The van der Waals surface area contributed by atoms with Crippen molar-refractivity contribution in [2.75, 3.05) is 13.1 Å². The molecule has 0 unspecified atom stereocenters. The number of amides is 1. The molecular formula is C15H18N4O3S. The Morgan fingerprint density at radius 1 is 1.48 bits per heavy atom. The van der Waals surface area contributed by atoms with Crippen LogP contribution in [-0.4, -0.2) is 56.2 Å². The summed E-state index contributed by atoms with van der Waals surface area (Å²) in [6, 6.07) is 2.61. The number of carbonyl (C=O) groups excluding carboxylic acids is 1. The van der Waals surface area contributed by atoms with Crippen LogP contribution in [0.25, 0.3) is 0 Å². The molecule has 1 amide bonds. The molecule has 2 aromatic rings. The lowest BCUT2D eigenvalue weighted by atomic mass is 10.0. The molecule has 1 fully saturated rings. The number of likely N-dealkylation sites (tertiary alicyclic amines) is 1. The van der Waals surface area contributed by atoms with Crippen molar-refractivity contribution in [3.63, 3.8) is 0 Å². The van der Waals surface area contributed by atoms with Crippen LogP contribution in [0.3, 0.4) is 0 Å². The molecule has 1 aliphatic rings. The van der Waals surface area contributed by atoms with Gasteiger partial charge in [0.05, 0.1) is 23.4 Å². The van der Waals surface area contributed by atoms with Crippen LogP contribution in [0.2, 0.25) is 0 Å². The first-order valence-corrected chi connectivity index (χ1v) is 8.30. The van der Waals surface area contributed by atoms with Gasteiger partial charge in [0.1, 0.15) is 5.75 Å². The second kappa shape index (κ2) is 7.03. The van der Waals surface area contributed by atoms with Crippen molar-refractivity contribution in [2.45, 2.75) is 25.1 Å². The van der Waals surface area contributed by atoms with Gasteiger partial charge in [0, 0.05) is 31.2 Å². The van der Waals surface area contributed by atoms with Crippen molar-refractivity contribution >= 4 is 17.2 Å². The molecule has 0 aliphatic carbocycles. The Hall–Kier alpha value is -2.03. The minimum Gasteiger partial charge on any atom is -0.505 e. The molecule has 0 radical (unpaired) electrons. The highest BCUT2D eigenvalue weighted by Crippen LogP contribution is 2.17. The van der Waals surface area contributed by atoms with Gasteiger partial charge in [0.15, 0.2) is 5.69 Å². The number of aliphatic hydroxyl groups excluding tert-OH is 1. The molecule has 0 aromatic carbocycles. The van der Waals surface area contributed by atoms with E-state index in [1.807, 2.05) is 5.38 Å². The Balaban J connectivity index is 1.56. The Kier molecular flexibility index (Phi) is 4.85. The summed E-state index contributed by atoms with van der Waals surface area (Å²) in [5.41, 5.74) is 2.76. The molecular weight excluding hydrogens is 316 g/mol. The summed E-state index contributed by atoms with van der Waals surface area (Å²) in [5, 5.41) is 24.7. The van der Waals surface area contributed by atoms with Crippen LogP contribution < -0.4 is 5.32 Å². The first-order chi connectivity index (χ1) is 11.1. The fraction of sp³-hybridized carbons (Fsp3) is 0.400. The van der Waals surface area contributed by atoms with Crippen LogP contribution in [0.1, 0.15) is 22.6 Å². The number of hydrogen-bond donors (Lipinski definition) is 3. The van der Waals surface area contributed by atoms with Gasteiger partial charge < -0.3 is 15.5 Å². The highest BCUT2D eigenvalue weighted by atomic mass is 32.1. The van der Waals surface area contributed by atoms with E-state index in [0.29, 0.717) is 19.5 Å². The predicted octanol–water partition coefficient (Wildman–Crippen LogP) is 0.609. The number of piperidine rings is 1. The van der Waals surface area contributed by atoms with E-state index in [9.17, 15) is 15.0 Å². The van der Waals surface area contributed by atoms with Crippen LogP contribution in [0.4, 0.5) is 0 Å². The zero-order chi connectivity index (χ0) is 16.2. The Bertz CT molecular complexity index is 665. The Morgan fingerprint density at radius 2 is 2.35 bits per heavy atom. The number of thiazole rings is 1. The quantitative estimate of drug-likeness (QED) is 0.758. The van der Waals surface area contributed by atoms with Gasteiger partial charge in [0.2, 0.25) is 0 Å². The third-order valence-corrected chi connectivity index (χ3v) is 4.49. The molecule has 1 saturated heterocycles. The number of rotatable bonds is 4. The van der Waals surface area contributed by atoms with E-state index in [2.05, 4.69) is 20.2 Å². The van der Waals surface area contributed by atoms with Gasteiger partial charge in [-0.2, -0.15) is 0 Å². The Morgan fingerprint density at radius 3 is 3.04 bits per heavy atom. The summed E-state index contributed by atoms with van der Waals surface area (Å²) in [7, 11) is 0. The first kappa shape index (κ1) is 15.9. The molecule has 0 bridgehead atoms. The molecule has 3 rings (SSSR count). The van der Waals surface area contributed by atoms with Crippen LogP contribution >= 0.6 is 11.3 Å². The normalized spacial score (nSPS) is 22.0. The number of aliphatic hydroxyl groups is 1. The number of β-amino-alcohol motifs (C(OH)–C–C–N with tert-alkyl or cyclic N) is 1. The van der Waals surface area contributed by atoms with E-state index >= 15 is 0 Å². The van der Waals surface area contributed by atoms with Gasteiger partial charge in [-0.3, -0.25) is 9.69 Å². The van der Waals surface area contributed by atoms with Crippen molar-refractivity contribution in [2.24, 2.45) is 0 Å². The summed E-state index contributed by atoms with van der Waals surface area (Å²) in [6.45, 7) is 1.92. The largest absolute Gasteiger partial charge is 0.505 e. The van der Waals surface area contributed by atoms with Crippen LogP contribution in [0.5, 0.6) is 5.75 Å².